The number of nitrogens with zero attached hydrogens (tertiary/aromatic N) is 2. The quantitative estimate of drug-likeness (QED) is 0.391. The zero-order valence-electron chi connectivity index (χ0n) is 26.0. The van der Waals surface area contributed by atoms with Gasteiger partial charge in [-0.2, -0.15) is 0 Å². The molecule has 1 aliphatic heterocycles. The number of likely N-dealkylation sites (N-methyl/N-ethyl adjacent to an activating group) is 1. The van der Waals surface area contributed by atoms with E-state index in [-0.39, 0.29) is 42.7 Å². The molecule has 4 atom stereocenters. The number of urea groups is 1. The zero-order valence-corrected chi connectivity index (χ0v) is 26.0. The lowest BCUT2D eigenvalue weighted by molar-refractivity contribution is -0.0167. The van der Waals surface area contributed by atoms with E-state index in [1.54, 1.807) is 23.1 Å². The lowest BCUT2D eigenvalue weighted by Gasteiger charge is -2.35. The standard InChI is InChI=1S/C32H54N4O5/c1-6-17-35(5)21-30-23(2)20-36(24(3)22-37)31(38)28-19-27(34-32(39)33-26-13-8-7-9-14-26)15-16-29(28)41-25(4)12-10-11-18-40-30/h15-16,19,23-26,30,37H,6-14,17-18,20-22H2,1-5H3,(H2,33,34,39)/t23-,24+,25-,30-/m1/s1. The molecule has 0 saturated heterocycles. The molecule has 1 saturated carbocycles. The van der Waals surface area contributed by atoms with Crippen LogP contribution in [0.15, 0.2) is 18.2 Å². The van der Waals surface area contributed by atoms with Crippen LogP contribution in [-0.2, 0) is 4.74 Å². The molecule has 1 fully saturated rings. The number of fused-ring (bicyclic) bond motifs is 1. The maximum absolute atomic E-state index is 14.2. The monoisotopic (exact) mass is 574 g/mol. The highest BCUT2D eigenvalue weighted by Crippen LogP contribution is 2.28. The molecule has 3 amide bonds. The summed E-state index contributed by atoms with van der Waals surface area (Å²) in [6, 6.07) is 4.80. The molecule has 0 radical (unpaired) electrons. The van der Waals surface area contributed by atoms with Crippen LogP contribution in [0.2, 0.25) is 0 Å². The molecule has 1 aromatic rings. The third-order valence-corrected chi connectivity index (χ3v) is 8.35. The normalized spacial score (nSPS) is 24.2. The van der Waals surface area contributed by atoms with Gasteiger partial charge in [0.1, 0.15) is 5.75 Å². The Morgan fingerprint density at radius 3 is 2.59 bits per heavy atom. The second kappa shape index (κ2) is 16.9. The second-order valence-electron chi connectivity index (χ2n) is 12.2. The van der Waals surface area contributed by atoms with Crippen molar-refractivity contribution in [1.82, 2.24) is 15.1 Å². The van der Waals surface area contributed by atoms with Gasteiger partial charge in [-0.15, -0.1) is 0 Å². The number of anilines is 1. The zero-order chi connectivity index (χ0) is 29.8. The molecule has 0 spiro atoms. The van der Waals surface area contributed by atoms with Crippen LogP contribution in [0.3, 0.4) is 0 Å². The highest BCUT2D eigenvalue weighted by molar-refractivity contribution is 5.99. The molecule has 0 bridgehead atoms. The average molecular weight is 575 g/mol. The van der Waals surface area contributed by atoms with Gasteiger partial charge in [0, 0.05) is 37.3 Å². The molecule has 2 aliphatic rings. The van der Waals surface area contributed by atoms with Gasteiger partial charge in [0.15, 0.2) is 0 Å². The molecule has 3 rings (SSSR count). The predicted octanol–water partition coefficient (Wildman–Crippen LogP) is 5.28. The van der Waals surface area contributed by atoms with Gasteiger partial charge < -0.3 is 35.0 Å². The average Bonchev–Trinajstić information content (AvgIpc) is 2.95. The maximum Gasteiger partial charge on any atom is 0.319 e. The lowest BCUT2D eigenvalue weighted by Crippen LogP contribution is -2.47. The minimum Gasteiger partial charge on any atom is -0.490 e. The summed E-state index contributed by atoms with van der Waals surface area (Å²) in [6.07, 6.45) is 9.14. The van der Waals surface area contributed by atoms with Crippen molar-refractivity contribution in [2.75, 3.05) is 45.2 Å². The Morgan fingerprint density at radius 1 is 1.15 bits per heavy atom. The van der Waals surface area contributed by atoms with Gasteiger partial charge in [-0.1, -0.05) is 33.1 Å². The number of amides is 3. The number of carbonyl (C=O) groups excluding carboxylic acids is 2. The third-order valence-electron chi connectivity index (χ3n) is 8.35. The van der Waals surface area contributed by atoms with Gasteiger partial charge in [-0.3, -0.25) is 4.79 Å². The number of aliphatic hydroxyl groups is 1. The number of hydrogen-bond acceptors (Lipinski definition) is 6. The molecular formula is C32H54N4O5. The van der Waals surface area contributed by atoms with E-state index in [0.29, 0.717) is 30.2 Å². The van der Waals surface area contributed by atoms with Crippen LogP contribution in [0.4, 0.5) is 10.5 Å². The number of hydrogen-bond donors (Lipinski definition) is 3. The minimum atomic E-state index is -0.400. The first-order valence-corrected chi connectivity index (χ1v) is 15.8. The maximum atomic E-state index is 14.2. The molecule has 1 aromatic carbocycles. The Morgan fingerprint density at radius 2 is 1.88 bits per heavy atom. The van der Waals surface area contributed by atoms with Crippen LogP contribution in [0.5, 0.6) is 5.75 Å². The summed E-state index contributed by atoms with van der Waals surface area (Å²) in [6.45, 7) is 10.9. The summed E-state index contributed by atoms with van der Waals surface area (Å²) in [4.78, 5) is 31.0. The SMILES string of the molecule is CCCN(C)C[C@H]1OCCCC[C@@H](C)Oc2ccc(NC(=O)NC3CCCCC3)cc2C(=O)N([C@@H](C)CO)C[C@H]1C. The highest BCUT2D eigenvalue weighted by atomic mass is 16.5. The van der Waals surface area contributed by atoms with Crippen molar-refractivity contribution < 1.29 is 24.2 Å². The second-order valence-corrected chi connectivity index (χ2v) is 12.2. The van der Waals surface area contributed by atoms with Gasteiger partial charge in [0.25, 0.3) is 5.91 Å². The number of ether oxygens (including phenoxy) is 2. The van der Waals surface area contributed by atoms with Crippen LogP contribution in [-0.4, -0.2) is 91.0 Å². The Balaban J connectivity index is 1.89. The Kier molecular flexibility index (Phi) is 13.7. The molecule has 232 valence electrons. The molecule has 0 unspecified atom stereocenters. The van der Waals surface area contributed by atoms with Crippen molar-refractivity contribution in [2.45, 2.75) is 110 Å². The van der Waals surface area contributed by atoms with E-state index in [0.717, 1.165) is 64.5 Å². The van der Waals surface area contributed by atoms with E-state index in [2.05, 4.69) is 36.4 Å². The lowest BCUT2D eigenvalue weighted by atomic mass is 9.96. The van der Waals surface area contributed by atoms with Crippen molar-refractivity contribution in [3.8, 4) is 5.75 Å². The van der Waals surface area contributed by atoms with E-state index in [1.165, 1.54) is 6.42 Å². The van der Waals surface area contributed by atoms with E-state index in [9.17, 15) is 14.7 Å². The van der Waals surface area contributed by atoms with Gasteiger partial charge >= 0.3 is 6.03 Å². The molecule has 9 heteroatoms. The fourth-order valence-electron chi connectivity index (χ4n) is 5.84. The fraction of sp³-hybridized carbons (Fsp3) is 0.750. The first-order chi connectivity index (χ1) is 19.7. The van der Waals surface area contributed by atoms with Crippen LogP contribution >= 0.6 is 0 Å². The fourth-order valence-corrected chi connectivity index (χ4v) is 5.84. The van der Waals surface area contributed by atoms with Gasteiger partial charge in [-0.05, 0) is 84.2 Å². The minimum absolute atomic E-state index is 0.0414. The third kappa shape index (κ3) is 10.5. The van der Waals surface area contributed by atoms with Crippen molar-refractivity contribution in [3.05, 3.63) is 23.8 Å². The van der Waals surface area contributed by atoms with E-state index in [1.807, 2.05) is 13.8 Å². The summed E-state index contributed by atoms with van der Waals surface area (Å²) in [7, 11) is 2.11. The van der Waals surface area contributed by atoms with E-state index >= 15 is 0 Å². The van der Waals surface area contributed by atoms with E-state index < -0.39 is 6.04 Å². The molecule has 1 heterocycles. The van der Waals surface area contributed by atoms with Crippen molar-refractivity contribution in [3.63, 3.8) is 0 Å². The first kappa shape index (κ1) is 33.1. The summed E-state index contributed by atoms with van der Waals surface area (Å²) < 4.78 is 12.7. The Hall–Kier alpha value is -2.36. The number of aliphatic hydroxyl groups excluding tert-OH is 1. The van der Waals surface area contributed by atoms with Crippen LogP contribution in [0, 0.1) is 5.92 Å². The number of benzene rings is 1. The highest BCUT2D eigenvalue weighted by Gasteiger charge is 2.30. The topological polar surface area (TPSA) is 103 Å². The van der Waals surface area contributed by atoms with Crippen LogP contribution in [0.25, 0.3) is 0 Å². The van der Waals surface area contributed by atoms with Crippen molar-refractivity contribution in [1.29, 1.82) is 0 Å². The molecule has 1 aliphatic carbocycles. The number of nitrogens with one attached hydrogen (secondary N) is 2. The summed E-state index contributed by atoms with van der Waals surface area (Å²) in [5.74, 6) is 0.312. The molecule has 0 aromatic heterocycles. The van der Waals surface area contributed by atoms with Gasteiger partial charge in [-0.25, -0.2) is 4.79 Å². The Bertz CT molecular complexity index is 954. The number of carbonyl (C=O) groups is 2. The number of rotatable bonds is 8. The molecular weight excluding hydrogens is 520 g/mol. The van der Waals surface area contributed by atoms with Gasteiger partial charge in [0.2, 0.25) is 0 Å². The first-order valence-electron chi connectivity index (χ1n) is 15.8. The van der Waals surface area contributed by atoms with E-state index in [4.69, 9.17) is 9.47 Å². The van der Waals surface area contributed by atoms with Gasteiger partial charge in [0.05, 0.1) is 30.4 Å². The Labute approximate surface area is 247 Å². The molecule has 3 N–H and O–H groups in total. The summed E-state index contributed by atoms with van der Waals surface area (Å²) in [5.41, 5.74) is 0.923. The van der Waals surface area contributed by atoms with Crippen LogP contribution in [0.1, 0.15) is 95.8 Å². The molecule has 41 heavy (non-hydrogen) atoms. The van der Waals surface area contributed by atoms with Crippen molar-refractivity contribution >= 4 is 17.6 Å². The van der Waals surface area contributed by atoms with Crippen molar-refractivity contribution in [2.24, 2.45) is 5.92 Å². The largest absolute Gasteiger partial charge is 0.490 e. The summed E-state index contributed by atoms with van der Waals surface area (Å²) in [5, 5.41) is 16.1. The summed E-state index contributed by atoms with van der Waals surface area (Å²) >= 11 is 0. The van der Waals surface area contributed by atoms with Crippen LogP contribution < -0.4 is 15.4 Å². The smallest absolute Gasteiger partial charge is 0.319 e. The predicted molar refractivity (Wildman–Crippen MR) is 164 cm³/mol. The molecule has 9 nitrogen and oxygen atoms in total.